The predicted octanol–water partition coefficient (Wildman–Crippen LogP) is 6.20. The van der Waals surface area contributed by atoms with Crippen LogP contribution in [0.4, 0.5) is 10.1 Å². The third-order valence-electron chi connectivity index (χ3n) is 3.27. The van der Waals surface area contributed by atoms with Crippen molar-refractivity contribution in [2.45, 2.75) is 38.0 Å². The predicted molar refractivity (Wildman–Crippen MR) is 90.8 cm³/mol. The number of hydrogen-bond acceptors (Lipinski definition) is 2. The number of halogens is 2. The first kappa shape index (κ1) is 16.2. The van der Waals surface area contributed by atoms with Gasteiger partial charge in [-0.05, 0) is 59.7 Å². The van der Waals surface area contributed by atoms with E-state index in [1.807, 2.05) is 58.0 Å². The van der Waals surface area contributed by atoms with Gasteiger partial charge in [-0.15, -0.1) is 0 Å². The third-order valence-corrected chi connectivity index (χ3v) is 4.68. The lowest BCUT2D eigenvalue weighted by Crippen LogP contribution is -2.13. The zero-order valence-electron chi connectivity index (χ0n) is 12.6. The van der Waals surface area contributed by atoms with Gasteiger partial charge in [-0.25, -0.2) is 4.39 Å². The molecule has 4 heteroatoms. The summed E-state index contributed by atoms with van der Waals surface area (Å²) in [5.41, 5.74) is 2.28. The van der Waals surface area contributed by atoms with Gasteiger partial charge in [-0.1, -0.05) is 44.5 Å². The van der Waals surface area contributed by atoms with Gasteiger partial charge in [0, 0.05) is 15.6 Å². The Labute approximate surface area is 135 Å². The van der Waals surface area contributed by atoms with Gasteiger partial charge in [-0.2, -0.15) is 0 Å². The van der Waals surface area contributed by atoms with E-state index in [0.717, 1.165) is 26.7 Å². The minimum Gasteiger partial charge on any atom is -0.326 e. The van der Waals surface area contributed by atoms with Gasteiger partial charge in [-0.3, -0.25) is 0 Å². The highest BCUT2D eigenvalue weighted by atomic mass is 35.5. The molecule has 0 unspecified atom stereocenters. The maximum Gasteiger partial charge on any atom is 0.129 e. The van der Waals surface area contributed by atoms with E-state index < -0.39 is 0 Å². The van der Waals surface area contributed by atoms with E-state index in [0.29, 0.717) is 0 Å². The second-order valence-corrected chi connectivity index (χ2v) is 7.27. The first-order chi connectivity index (χ1) is 9.79. The second-order valence-electron chi connectivity index (χ2n) is 6.01. The van der Waals surface area contributed by atoms with Crippen molar-refractivity contribution in [1.29, 1.82) is 0 Å². The quantitative estimate of drug-likeness (QED) is 0.674. The van der Waals surface area contributed by atoms with Crippen molar-refractivity contribution in [1.82, 2.24) is 0 Å². The van der Waals surface area contributed by atoms with Gasteiger partial charge in [0.2, 0.25) is 0 Å². The van der Waals surface area contributed by atoms with Crippen LogP contribution >= 0.6 is 23.5 Å². The SMILES string of the molecule is Cc1c(Cl)cccc1SNc1ccc(C(C)(C)C)c(F)c1. The van der Waals surface area contributed by atoms with Gasteiger partial charge >= 0.3 is 0 Å². The van der Waals surface area contributed by atoms with Crippen LogP contribution < -0.4 is 4.72 Å². The van der Waals surface area contributed by atoms with Gasteiger partial charge in [0.25, 0.3) is 0 Å². The molecule has 0 saturated heterocycles. The summed E-state index contributed by atoms with van der Waals surface area (Å²) in [6.45, 7) is 7.98. The summed E-state index contributed by atoms with van der Waals surface area (Å²) >= 11 is 7.53. The van der Waals surface area contributed by atoms with Crippen LogP contribution in [0.25, 0.3) is 0 Å². The molecule has 2 aromatic carbocycles. The number of anilines is 1. The van der Waals surface area contributed by atoms with Crippen LogP contribution in [0.3, 0.4) is 0 Å². The van der Waals surface area contributed by atoms with Crippen LogP contribution in [0.15, 0.2) is 41.3 Å². The van der Waals surface area contributed by atoms with Gasteiger partial charge in [0.05, 0.1) is 0 Å². The number of rotatable bonds is 3. The van der Waals surface area contributed by atoms with Crippen LogP contribution in [0.5, 0.6) is 0 Å². The van der Waals surface area contributed by atoms with Crippen molar-refractivity contribution < 1.29 is 4.39 Å². The molecule has 0 radical (unpaired) electrons. The highest BCUT2D eigenvalue weighted by molar-refractivity contribution is 8.00. The molecule has 0 spiro atoms. The molecule has 1 nitrogen and oxygen atoms in total. The molecule has 112 valence electrons. The van der Waals surface area contributed by atoms with E-state index in [1.54, 1.807) is 0 Å². The molecule has 0 amide bonds. The molecule has 0 aliphatic heterocycles. The molecule has 1 N–H and O–H groups in total. The van der Waals surface area contributed by atoms with E-state index >= 15 is 0 Å². The van der Waals surface area contributed by atoms with Crippen LogP contribution in [-0.2, 0) is 5.41 Å². The van der Waals surface area contributed by atoms with Crippen LogP contribution in [0.2, 0.25) is 5.02 Å². The molecule has 21 heavy (non-hydrogen) atoms. The van der Waals surface area contributed by atoms with Crippen molar-refractivity contribution in [3.05, 3.63) is 58.4 Å². The Morgan fingerprint density at radius 2 is 1.86 bits per heavy atom. The van der Waals surface area contributed by atoms with Crippen molar-refractivity contribution in [2.75, 3.05) is 4.72 Å². The Hall–Kier alpha value is -1.19. The molecule has 0 aliphatic rings. The largest absolute Gasteiger partial charge is 0.326 e. The molecular formula is C17H19ClFNS. The monoisotopic (exact) mass is 323 g/mol. The topological polar surface area (TPSA) is 12.0 Å². The summed E-state index contributed by atoms with van der Waals surface area (Å²) in [5, 5.41) is 0.732. The van der Waals surface area contributed by atoms with Crippen LogP contribution in [0.1, 0.15) is 31.9 Å². The standard InChI is InChI=1S/C17H19ClFNS/c1-11-14(18)6-5-7-16(11)21-20-12-8-9-13(15(19)10-12)17(2,3)4/h5-10,20H,1-4H3. The minimum absolute atomic E-state index is 0.184. The Morgan fingerprint density at radius 1 is 1.14 bits per heavy atom. The number of benzene rings is 2. The fraction of sp³-hybridized carbons (Fsp3) is 0.294. The minimum atomic E-state index is -0.195. The van der Waals surface area contributed by atoms with Crippen molar-refractivity contribution in [3.8, 4) is 0 Å². The summed E-state index contributed by atoms with van der Waals surface area (Å²) in [6.07, 6.45) is 0. The Morgan fingerprint density at radius 3 is 2.48 bits per heavy atom. The number of hydrogen-bond donors (Lipinski definition) is 1. The fourth-order valence-corrected chi connectivity index (χ4v) is 2.99. The van der Waals surface area contributed by atoms with Crippen molar-refractivity contribution in [3.63, 3.8) is 0 Å². The molecule has 0 saturated carbocycles. The van der Waals surface area contributed by atoms with Gasteiger partial charge in [0.1, 0.15) is 5.82 Å². The summed E-state index contributed by atoms with van der Waals surface area (Å²) in [5.74, 6) is -0.184. The average Bonchev–Trinajstić information content (AvgIpc) is 2.39. The molecule has 0 atom stereocenters. The molecule has 0 fully saturated rings. The van der Waals surface area contributed by atoms with E-state index in [2.05, 4.69) is 4.72 Å². The van der Waals surface area contributed by atoms with Crippen molar-refractivity contribution in [2.24, 2.45) is 0 Å². The van der Waals surface area contributed by atoms with Crippen molar-refractivity contribution >= 4 is 29.2 Å². The lowest BCUT2D eigenvalue weighted by molar-refractivity contribution is 0.523. The van der Waals surface area contributed by atoms with Crippen LogP contribution in [-0.4, -0.2) is 0 Å². The van der Waals surface area contributed by atoms with E-state index in [4.69, 9.17) is 11.6 Å². The second kappa shape index (κ2) is 6.29. The molecular weight excluding hydrogens is 305 g/mol. The lowest BCUT2D eigenvalue weighted by Gasteiger charge is -2.20. The summed E-state index contributed by atoms with van der Waals surface area (Å²) < 4.78 is 17.3. The normalized spacial score (nSPS) is 11.5. The average molecular weight is 324 g/mol. The summed E-state index contributed by atoms with van der Waals surface area (Å²) in [4.78, 5) is 1.03. The maximum absolute atomic E-state index is 14.1. The van der Waals surface area contributed by atoms with Gasteiger partial charge in [0.15, 0.2) is 0 Å². The summed E-state index contributed by atoms with van der Waals surface area (Å²) in [6, 6.07) is 11.0. The van der Waals surface area contributed by atoms with Crippen LogP contribution in [0, 0.1) is 12.7 Å². The van der Waals surface area contributed by atoms with Gasteiger partial charge < -0.3 is 4.72 Å². The lowest BCUT2D eigenvalue weighted by atomic mass is 9.86. The smallest absolute Gasteiger partial charge is 0.129 e. The molecule has 0 aliphatic carbocycles. The molecule has 0 bridgehead atoms. The third kappa shape index (κ3) is 3.92. The number of nitrogens with one attached hydrogen (secondary N) is 1. The highest BCUT2D eigenvalue weighted by Gasteiger charge is 2.18. The Balaban J connectivity index is 2.14. The molecule has 0 aromatic heterocycles. The summed E-state index contributed by atoms with van der Waals surface area (Å²) in [7, 11) is 0. The maximum atomic E-state index is 14.1. The zero-order chi connectivity index (χ0) is 15.6. The molecule has 2 aromatic rings. The zero-order valence-corrected chi connectivity index (χ0v) is 14.2. The molecule has 2 rings (SSSR count). The molecule has 0 heterocycles. The van der Waals surface area contributed by atoms with E-state index in [-0.39, 0.29) is 11.2 Å². The first-order valence-corrected chi connectivity index (χ1v) is 7.96. The fourth-order valence-electron chi connectivity index (χ4n) is 2.00. The van der Waals surface area contributed by atoms with E-state index in [9.17, 15) is 4.39 Å². The van der Waals surface area contributed by atoms with E-state index in [1.165, 1.54) is 18.0 Å². The Kier molecular flexibility index (Phi) is 4.84. The first-order valence-electron chi connectivity index (χ1n) is 6.77. The highest BCUT2D eigenvalue weighted by Crippen LogP contribution is 2.31. The Bertz CT molecular complexity index is 650.